The Labute approximate surface area is 187 Å². The molecule has 32 heavy (non-hydrogen) atoms. The summed E-state index contributed by atoms with van der Waals surface area (Å²) in [7, 11) is 1.53. The van der Waals surface area contributed by atoms with Gasteiger partial charge in [0.05, 0.1) is 13.2 Å². The second-order valence-corrected chi connectivity index (χ2v) is 7.54. The van der Waals surface area contributed by atoms with Gasteiger partial charge in [0, 0.05) is 5.69 Å². The molecular weight excluding hydrogens is 410 g/mol. The van der Waals surface area contributed by atoms with Crippen LogP contribution in [-0.4, -0.2) is 42.5 Å². The maximum absolute atomic E-state index is 12.7. The van der Waals surface area contributed by atoms with E-state index in [2.05, 4.69) is 10.6 Å². The lowest BCUT2D eigenvalue weighted by Crippen LogP contribution is -2.38. The summed E-state index contributed by atoms with van der Waals surface area (Å²) in [5.41, 5.74) is 2.38. The summed E-state index contributed by atoms with van der Waals surface area (Å²) in [5, 5.41) is 5.20. The van der Waals surface area contributed by atoms with Gasteiger partial charge in [-0.15, -0.1) is 0 Å². The average Bonchev–Trinajstić information content (AvgIpc) is 3.03. The predicted molar refractivity (Wildman–Crippen MR) is 121 cm³/mol. The number of hydrogen-bond donors (Lipinski definition) is 2. The van der Waals surface area contributed by atoms with Crippen molar-refractivity contribution in [1.82, 2.24) is 10.2 Å². The first-order valence-corrected chi connectivity index (χ1v) is 10.4. The van der Waals surface area contributed by atoms with Crippen LogP contribution >= 0.6 is 0 Å². The van der Waals surface area contributed by atoms with E-state index in [-0.39, 0.29) is 18.3 Å². The SMILES string of the molecule is CC[C@@H](C)Oc1ccc(/C=C2/NC(=O)N(CC(=O)Nc3ccc(C)cc3)C2=O)cc1OC. The molecule has 0 saturated carbocycles. The molecule has 2 aromatic rings. The summed E-state index contributed by atoms with van der Waals surface area (Å²) in [4.78, 5) is 38.2. The first-order chi connectivity index (χ1) is 15.3. The van der Waals surface area contributed by atoms with Crippen molar-refractivity contribution in [3.05, 3.63) is 59.3 Å². The van der Waals surface area contributed by atoms with Crippen LogP contribution in [0.5, 0.6) is 11.5 Å². The summed E-state index contributed by atoms with van der Waals surface area (Å²) < 4.78 is 11.2. The summed E-state index contributed by atoms with van der Waals surface area (Å²) in [6.07, 6.45) is 2.42. The molecule has 8 heteroatoms. The molecular formula is C24H27N3O5. The highest BCUT2D eigenvalue weighted by Crippen LogP contribution is 2.30. The van der Waals surface area contributed by atoms with Crippen LogP contribution in [0.2, 0.25) is 0 Å². The molecule has 0 unspecified atom stereocenters. The fraction of sp³-hybridized carbons (Fsp3) is 0.292. The molecule has 168 valence electrons. The van der Waals surface area contributed by atoms with Crippen molar-refractivity contribution < 1.29 is 23.9 Å². The van der Waals surface area contributed by atoms with E-state index in [4.69, 9.17) is 9.47 Å². The minimum atomic E-state index is -0.649. The second kappa shape index (κ2) is 10.00. The van der Waals surface area contributed by atoms with Gasteiger partial charge in [-0.05, 0) is 56.2 Å². The molecule has 2 N–H and O–H groups in total. The number of amides is 4. The van der Waals surface area contributed by atoms with Gasteiger partial charge in [0.2, 0.25) is 5.91 Å². The Bertz CT molecular complexity index is 1050. The van der Waals surface area contributed by atoms with Crippen molar-refractivity contribution in [2.24, 2.45) is 0 Å². The summed E-state index contributed by atoms with van der Waals surface area (Å²) in [6, 6.07) is 11.8. The standard InChI is InChI=1S/C24H27N3O5/c1-5-16(3)32-20-11-8-17(13-21(20)31-4)12-19-23(29)27(24(30)26-19)14-22(28)25-18-9-6-15(2)7-10-18/h6-13,16H,5,14H2,1-4H3,(H,25,28)(H,26,30)/b19-12+/t16-/m1/s1. The number of carbonyl (C=O) groups is 3. The van der Waals surface area contributed by atoms with Crippen molar-refractivity contribution in [3.63, 3.8) is 0 Å². The number of aryl methyl sites for hydroxylation is 1. The van der Waals surface area contributed by atoms with E-state index in [9.17, 15) is 14.4 Å². The van der Waals surface area contributed by atoms with Crippen molar-refractivity contribution in [2.45, 2.75) is 33.3 Å². The van der Waals surface area contributed by atoms with Crippen LogP contribution in [0.1, 0.15) is 31.4 Å². The van der Waals surface area contributed by atoms with Crippen molar-refractivity contribution >= 4 is 29.6 Å². The van der Waals surface area contributed by atoms with Gasteiger partial charge in [0.1, 0.15) is 12.2 Å². The van der Waals surface area contributed by atoms with Gasteiger partial charge < -0.3 is 20.1 Å². The number of methoxy groups -OCH3 is 1. The Balaban J connectivity index is 1.70. The van der Waals surface area contributed by atoms with Crippen LogP contribution in [0.3, 0.4) is 0 Å². The van der Waals surface area contributed by atoms with E-state index in [1.165, 1.54) is 13.2 Å². The van der Waals surface area contributed by atoms with Crippen LogP contribution in [-0.2, 0) is 9.59 Å². The van der Waals surface area contributed by atoms with E-state index in [1.54, 1.807) is 30.3 Å². The van der Waals surface area contributed by atoms with Gasteiger partial charge in [0.15, 0.2) is 11.5 Å². The molecule has 0 radical (unpaired) electrons. The summed E-state index contributed by atoms with van der Waals surface area (Å²) in [6.45, 7) is 5.54. The van der Waals surface area contributed by atoms with E-state index < -0.39 is 17.8 Å². The maximum atomic E-state index is 12.7. The quantitative estimate of drug-likeness (QED) is 0.485. The third-order valence-corrected chi connectivity index (χ3v) is 5.00. The molecule has 1 heterocycles. The lowest BCUT2D eigenvalue weighted by atomic mass is 10.1. The zero-order valence-electron chi connectivity index (χ0n) is 18.6. The smallest absolute Gasteiger partial charge is 0.329 e. The van der Waals surface area contributed by atoms with Gasteiger partial charge in [-0.1, -0.05) is 30.7 Å². The first kappa shape index (κ1) is 22.9. The van der Waals surface area contributed by atoms with Crippen LogP contribution in [0.4, 0.5) is 10.5 Å². The molecule has 1 saturated heterocycles. The highest BCUT2D eigenvalue weighted by atomic mass is 16.5. The number of benzene rings is 2. The molecule has 0 bridgehead atoms. The number of carbonyl (C=O) groups excluding carboxylic acids is 3. The minimum absolute atomic E-state index is 0.0309. The third-order valence-electron chi connectivity index (χ3n) is 5.00. The molecule has 0 aliphatic carbocycles. The van der Waals surface area contributed by atoms with E-state index in [1.807, 2.05) is 32.9 Å². The Kier molecular flexibility index (Phi) is 7.14. The molecule has 2 aromatic carbocycles. The number of imide groups is 1. The Morgan fingerprint density at radius 3 is 2.53 bits per heavy atom. The average molecular weight is 437 g/mol. The zero-order valence-corrected chi connectivity index (χ0v) is 18.6. The molecule has 1 atom stereocenters. The van der Waals surface area contributed by atoms with Crippen molar-refractivity contribution in [1.29, 1.82) is 0 Å². The van der Waals surface area contributed by atoms with Crippen LogP contribution in [0.15, 0.2) is 48.2 Å². The maximum Gasteiger partial charge on any atom is 0.329 e. The molecule has 3 rings (SSSR count). The molecule has 0 spiro atoms. The second-order valence-electron chi connectivity index (χ2n) is 7.54. The number of nitrogens with one attached hydrogen (secondary N) is 2. The van der Waals surface area contributed by atoms with Gasteiger partial charge >= 0.3 is 6.03 Å². The number of anilines is 1. The molecule has 4 amide bonds. The summed E-state index contributed by atoms with van der Waals surface area (Å²) >= 11 is 0. The monoisotopic (exact) mass is 437 g/mol. The molecule has 1 aliphatic rings. The summed E-state index contributed by atoms with van der Waals surface area (Å²) in [5.74, 6) is 0.0747. The Morgan fingerprint density at radius 2 is 1.88 bits per heavy atom. The number of ether oxygens (including phenoxy) is 2. The number of nitrogens with zero attached hydrogens (tertiary/aromatic N) is 1. The lowest BCUT2D eigenvalue weighted by molar-refractivity contribution is -0.127. The molecule has 1 aliphatic heterocycles. The normalized spacial score (nSPS) is 15.5. The van der Waals surface area contributed by atoms with E-state index in [0.717, 1.165) is 16.9 Å². The van der Waals surface area contributed by atoms with Gasteiger partial charge in [-0.3, -0.25) is 9.59 Å². The largest absolute Gasteiger partial charge is 0.493 e. The third kappa shape index (κ3) is 5.46. The van der Waals surface area contributed by atoms with Gasteiger partial charge in [-0.2, -0.15) is 0 Å². The number of rotatable bonds is 8. The number of urea groups is 1. The van der Waals surface area contributed by atoms with Crippen molar-refractivity contribution in [2.75, 3.05) is 19.0 Å². The Hall–Kier alpha value is -3.81. The highest BCUT2D eigenvalue weighted by Gasteiger charge is 2.35. The van der Waals surface area contributed by atoms with E-state index >= 15 is 0 Å². The van der Waals surface area contributed by atoms with Crippen LogP contribution in [0, 0.1) is 6.92 Å². The van der Waals surface area contributed by atoms with Crippen molar-refractivity contribution in [3.8, 4) is 11.5 Å². The minimum Gasteiger partial charge on any atom is -0.493 e. The fourth-order valence-electron chi connectivity index (χ4n) is 3.03. The van der Waals surface area contributed by atoms with Crippen LogP contribution < -0.4 is 20.1 Å². The number of hydrogen-bond acceptors (Lipinski definition) is 5. The first-order valence-electron chi connectivity index (χ1n) is 10.4. The molecule has 1 fully saturated rings. The van der Waals surface area contributed by atoms with Gasteiger partial charge in [0.25, 0.3) is 5.91 Å². The lowest BCUT2D eigenvalue weighted by Gasteiger charge is -2.15. The highest BCUT2D eigenvalue weighted by molar-refractivity contribution is 6.15. The van der Waals surface area contributed by atoms with Crippen LogP contribution in [0.25, 0.3) is 6.08 Å². The van der Waals surface area contributed by atoms with Gasteiger partial charge in [-0.25, -0.2) is 9.69 Å². The molecule has 8 nitrogen and oxygen atoms in total. The predicted octanol–water partition coefficient (Wildman–Crippen LogP) is 3.71. The zero-order chi connectivity index (χ0) is 23.3. The molecule has 0 aromatic heterocycles. The fourth-order valence-corrected chi connectivity index (χ4v) is 3.03. The topological polar surface area (TPSA) is 97.0 Å². The van der Waals surface area contributed by atoms with E-state index in [0.29, 0.717) is 22.7 Å². The Morgan fingerprint density at radius 1 is 1.16 bits per heavy atom.